The molecular formula is C8H13. The average Bonchev–Trinajstić information content (AvgIpc) is 1.69. The van der Waals surface area contributed by atoms with Crippen molar-refractivity contribution in [2.75, 3.05) is 0 Å². The van der Waals surface area contributed by atoms with Gasteiger partial charge in [-0.1, -0.05) is 26.7 Å². The third kappa shape index (κ3) is 2.02. The Labute approximate surface area is 52.3 Å². The molecule has 0 aliphatic heterocycles. The van der Waals surface area contributed by atoms with Crippen LogP contribution in [0.15, 0.2) is 0 Å². The molecule has 0 bridgehead atoms. The lowest BCUT2D eigenvalue weighted by atomic mass is 9.95. The van der Waals surface area contributed by atoms with Crippen molar-refractivity contribution in [3.8, 4) is 5.92 Å². The number of rotatable bonds is 2. The Balaban J connectivity index is 3.57. The Kier molecular flexibility index (Phi) is 3.35. The highest BCUT2D eigenvalue weighted by Crippen LogP contribution is 2.12. The molecule has 1 unspecified atom stereocenters. The second-order valence-electron chi connectivity index (χ2n) is 2.40. The largest absolute Gasteiger partial charge is 0.0854 e. The molecule has 0 aliphatic carbocycles. The van der Waals surface area contributed by atoms with Gasteiger partial charge in [-0.2, -0.15) is 0 Å². The van der Waals surface area contributed by atoms with Crippen LogP contribution < -0.4 is 0 Å². The van der Waals surface area contributed by atoms with Crippen molar-refractivity contribution in [1.82, 2.24) is 0 Å². The zero-order chi connectivity index (χ0) is 6.57. The van der Waals surface area contributed by atoms with Gasteiger partial charge in [0, 0.05) is 5.92 Å². The topological polar surface area (TPSA) is 0 Å². The van der Waals surface area contributed by atoms with Gasteiger partial charge in [-0.25, -0.2) is 0 Å². The van der Waals surface area contributed by atoms with E-state index >= 15 is 0 Å². The average molecular weight is 109 g/mol. The Hall–Kier alpha value is -0.440. The summed E-state index contributed by atoms with van der Waals surface area (Å²) >= 11 is 0. The van der Waals surface area contributed by atoms with E-state index in [1.54, 1.807) is 0 Å². The lowest BCUT2D eigenvalue weighted by Gasteiger charge is -2.09. The number of hydrogen-bond acceptors (Lipinski definition) is 0. The van der Waals surface area contributed by atoms with Gasteiger partial charge in [-0.3, -0.25) is 0 Å². The van der Waals surface area contributed by atoms with Crippen LogP contribution in [0.1, 0.15) is 27.2 Å². The molecule has 0 rings (SSSR count). The Morgan fingerprint density at radius 2 is 2.00 bits per heavy atom. The van der Waals surface area contributed by atoms with Gasteiger partial charge < -0.3 is 0 Å². The van der Waals surface area contributed by atoms with Crippen LogP contribution in [-0.2, 0) is 0 Å². The first-order chi connectivity index (χ1) is 3.72. The highest BCUT2D eigenvalue weighted by atomic mass is 14.1. The van der Waals surface area contributed by atoms with Crippen LogP contribution in [0, 0.1) is 24.2 Å². The second kappa shape index (κ2) is 3.55. The molecule has 8 heavy (non-hydrogen) atoms. The van der Waals surface area contributed by atoms with E-state index in [-0.39, 0.29) is 0 Å². The maximum atomic E-state index is 6.84. The maximum absolute atomic E-state index is 6.84. The summed E-state index contributed by atoms with van der Waals surface area (Å²) in [6.07, 6.45) is 7.88. The summed E-state index contributed by atoms with van der Waals surface area (Å²) in [6, 6.07) is 0. The zero-order valence-corrected chi connectivity index (χ0v) is 5.86. The molecule has 0 amide bonds. The van der Waals surface area contributed by atoms with Gasteiger partial charge in [0.05, 0.1) is 0 Å². The van der Waals surface area contributed by atoms with Gasteiger partial charge in [-0.05, 0) is 18.8 Å². The minimum Gasteiger partial charge on any atom is -0.0854 e. The molecule has 0 fully saturated rings. The summed E-state index contributed by atoms with van der Waals surface area (Å²) in [4.78, 5) is 0. The predicted molar refractivity (Wildman–Crippen MR) is 35.7 cm³/mol. The van der Waals surface area contributed by atoms with Gasteiger partial charge in [0.1, 0.15) is 0 Å². The molecule has 0 saturated heterocycles. The van der Waals surface area contributed by atoms with Gasteiger partial charge in [0.25, 0.3) is 0 Å². The molecule has 0 nitrogen and oxygen atoms in total. The van der Waals surface area contributed by atoms with Crippen molar-refractivity contribution in [3.63, 3.8) is 0 Å². The smallest absolute Gasteiger partial charge is 0.0233 e. The molecule has 0 spiro atoms. The first-order valence-corrected chi connectivity index (χ1v) is 3.14. The molecule has 45 valence electrons. The van der Waals surface area contributed by atoms with E-state index in [0.717, 1.165) is 6.42 Å². The molecule has 0 aromatic rings. The van der Waals surface area contributed by atoms with Gasteiger partial charge in [-0.15, -0.1) is 0 Å². The lowest BCUT2D eigenvalue weighted by Crippen LogP contribution is -2.02. The highest BCUT2D eigenvalue weighted by Gasteiger charge is 2.05. The van der Waals surface area contributed by atoms with Crippen LogP contribution in [0.25, 0.3) is 0 Å². The lowest BCUT2D eigenvalue weighted by molar-refractivity contribution is 0.468. The predicted octanol–water partition coefficient (Wildman–Crippen LogP) is 2.26. The van der Waals surface area contributed by atoms with Crippen molar-refractivity contribution in [2.45, 2.75) is 27.2 Å². The molecule has 0 saturated carbocycles. The standard InChI is InChI=1S/C8H13/c1-5-8(6-2)7(3)4/h7-8H,5H2,1,3-4H3. The normalized spacial score (nSPS) is 13.4. The van der Waals surface area contributed by atoms with Crippen molar-refractivity contribution < 1.29 is 0 Å². The summed E-state index contributed by atoms with van der Waals surface area (Å²) in [6.45, 7) is 6.33. The first-order valence-electron chi connectivity index (χ1n) is 3.14. The molecular weight excluding hydrogens is 96.1 g/mol. The van der Waals surface area contributed by atoms with Crippen molar-refractivity contribution in [3.05, 3.63) is 6.42 Å². The third-order valence-electron chi connectivity index (χ3n) is 1.43. The van der Waals surface area contributed by atoms with E-state index in [1.165, 1.54) is 0 Å². The summed E-state index contributed by atoms with van der Waals surface area (Å²) < 4.78 is 0. The molecule has 0 aromatic heterocycles. The molecule has 0 heteroatoms. The molecule has 0 aromatic carbocycles. The van der Waals surface area contributed by atoms with E-state index in [4.69, 9.17) is 6.42 Å². The van der Waals surface area contributed by atoms with Crippen molar-refractivity contribution in [2.24, 2.45) is 11.8 Å². The monoisotopic (exact) mass is 109 g/mol. The van der Waals surface area contributed by atoms with Crippen LogP contribution in [-0.4, -0.2) is 0 Å². The molecule has 0 N–H and O–H groups in total. The van der Waals surface area contributed by atoms with E-state index < -0.39 is 0 Å². The Bertz CT molecular complexity index is 84.7. The Morgan fingerprint density at radius 3 is 2.00 bits per heavy atom. The Morgan fingerprint density at radius 1 is 1.50 bits per heavy atom. The minimum atomic E-state index is 0.370. The van der Waals surface area contributed by atoms with Crippen LogP contribution in [0.3, 0.4) is 0 Å². The SMILES string of the molecule is [C]#CC(CC)C(C)C. The van der Waals surface area contributed by atoms with E-state index in [1.807, 2.05) is 0 Å². The summed E-state index contributed by atoms with van der Waals surface area (Å²) in [5, 5.41) is 0. The summed E-state index contributed by atoms with van der Waals surface area (Å²) in [5.41, 5.74) is 0. The fourth-order valence-electron chi connectivity index (χ4n) is 0.740. The fourth-order valence-corrected chi connectivity index (χ4v) is 0.740. The van der Waals surface area contributed by atoms with Crippen LogP contribution in [0.2, 0.25) is 0 Å². The fraction of sp³-hybridized carbons (Fsp3) is 0.750. The third-order valence-corrected chi connectivity index (χ3v) is 1.43. The van der Waals surface area contributed by atoms with Crippen LogP contribution in [0.4, 0.5) is 0 Å². The first kappa shape index (κ1) is 7.56. The van der Waals surface area contributed by atoms with Crippen molar-refractivity contribution >= 4 is 0 Å². The molecule has 1 atom stereocenters. The summed E-state index contributed by atoms with van der Waals surface area (Å²) in [5.74, 6) is 3.45. The summed E-state index contributed by atoms with van der Waals surface area (Å²) in [7, 11) is 0. The van der Waals surface area contributed by atoms with Crippen LogP contribution in [0.5, 0.6) is 0 Å². The van der Waals surface area contributed by atoms with Gasteiger partial charge >= 0.3 is 0 Å². The second-order valence-corrected chi connectivity index (χ2v) is 2.40. The number of hydrogen-bond donors (Lipinski definition) is 0. The maximum Gasteiger partial charge on any atom is 0.0233 e. The van der Waals surface area contributed by atoms with Gasteiger partial charge in [0.15, 0.2) is 0 Å². The van der Waals surface area contributed by atoms with Crippen LogP contribution >= 0.6 is 0 Å². The minimum absolute atomic E-state index is 0.370. The van der Waals surface area contributed by atoms with E-state index in [9.17, 15) is 0 Å². The van der Waals surface area contributed by atoms with Crippen molar-refractivity contribution in [1.29, 1.82) is 0 Å². The molecule has 0 heterocycles. The van der Waals surface area contributed by atoms with E-state index in [0.29, 0.717) is 11.8 Å². The van der Waals surface area contributed by atoms with Gasteiger partial charge in [0.2, 0.25) is 0 Å². The molecule has 0 aliphatic rings. The quantitative estimate of drug-likeness (QED) is 0.477. The highest BCUT2D eigenvalue weighted by molar-refractivity contribution is 4.87. The molecule has 1 radical (unpaired) electrons. The zero-order valence-electron chi connectivity index (χ0n) is 5.86. The van der Waals surface area contributed by atoms with E-state index in [2.05, 4.69) is 26.7 Å².